The first-order chi connectivity index (χ1) is 8.61. The molecule has 18 heavy (non-hydrogen) atoms. The van der Waals surface area contributed by atoms with Crippen LogP contribution in [0, 0.1) is 0 Å². The Morgan fingerprint density at radius 2 is 2.06 bits per heavy atom. The third-order valence-electron chi connectivity index (χ3n) is 2.41. The number of anilines is 1. The lowest BCUT2D eigenvalue weighted by atomic mass is 10.3. The molecule has 0 aliphatic heterocycles. The van der Waals surface area contributed by atoms with E-state index in [0.717, 1.165) is 12.8 Å². The fourth-order valence-electron chi connectivity index (χ4n) is 1.44. The molecule has 1 aliphatic rings. The normalized spacial score (nSPS) is 15.4. The summed E-state index contributed by atoms with van der Waals surface area (Å²) in [5, 5.41) is 0. The number of hydrogen-bond donors (Lipinski definition) is 3. The van der Waals surface area contributed by atoms with Gasteiger partial charge in [-0.25, -0.2) is 0 Å². The quantitative estimate of drug-likeness (QED) is 0.670. The van der Waals surface area contributed by atoms with E-state index < -0.39 is 10.2 Å². The lowest BCUT2D eigenvalue weighted by Gasteiger charge is -2.13. The summed E-state index contributed by atoms with van der Waals surface area (Å²) < 4.78 is 33.9. The van der Waals surface area contributed by atoms with Gasteiger partial charge in [-0.1, -0.05) is 12.1 Å². The van der Waals surface area contributed by atoms with Gasteiger partial charge in [0.2, 0.25) is 0 Å². The summed E-state index contributed by atoms with van der Waals surface area (Å²) >= 11 is 0. The molecule has 0 spiro atoms. The van der Waals surface area contributed by atoms with Gasteiger partial charge in [0.15, 0.2) is 0 Å². The largest absolute Gasteiger partial charge is 0.490 e. The highest BCUT2D eigenvalue weighted by molar-refractivity contribution is 7.90. The topological polar surface area (TPSA) is 93.4 Å². The SMILES string of the molecule is NCCOc1ccccc1NS(=O)(=O)NC1CC1. The third kappa shape index (κ3) is 3.86. The highest BCUT2D eigenvalue weighted by atomic mass is 32.2. The van der Waals surface area contributed by atoms with Crippen molar-refractivity contribution in [3.8, 4) is 5.75 Å². The number of rotatable bonds is 7. The van der Waals surface area contributed by atoms with E-state index in [1.54, 1.807) is 24.3 Å². The lowest BCUT2D eigenvalue weighted by molar-refractivity contribution is 0.330. The van der Waals surface area contributed by atoms with E-state index in [4.69, 9.17) is 10.5 Å². The standard InChI is InChI=1S/C11H17N3O3S/c12-7-8-17-11-4-2-1-3-10(11)14-18(15,16)13-9-5-6-9/h1-4,9,13-14H,5-8,12H2. The van der Waals surface area contributed by atoms with Crippen LogP contribution in [-0.2, 0) is 10.2 Å². The minimum Gasteiger partial charge on any atom is -0.490 e. The Labute approximate surface area is 107 Å². The summed E-state index contributed by atoms with van der Waals surface area (Å²) in [6, 6.07) is 6.94. The molecule has 0 saturated heterocycles. The van der Waals surface area contributed by atoms with Crippen LogP contribution in [0.5, 0.6) is 5.75 Å². The molecule has 4 N–H and O–H groups in total. The van der Waals surface area contributed by atoms with Crippen molar-refractivity contribution in [2.75, 3.05) is 17.9 Å². The molecule has 0 heterocycles. The van der Waals surface area contributed by atoms with Gasteiger partial charge in [0, 0.05) is 12.6 Å². The number of ether oxygens (including phenoxy) is 1. The molecule has 2 rings (SSSR count). The fraction of sp³-hybridized carbons (Fsp3) is 0.455. The van der Waals surface area contributed by atoms with Crippen molar-refractivity contribution in [3.63, 3.8) is 0 Å². The zero-order valence-corrected chi connectivity index (χ0v) is 10.7. The maximum absolute atomic E-state index is 11.8. The van der Waals surface area contributed by atoms with Crippen molar-refractivity contribution in [3.05, 3.63) is 24.3 Å². The highest BCUT2D eigenvalue weighted by Crippen LogP contribution is 2.25. The minimum absolute atomic E-state index is 0.0691. The molecule has 0 atom stereocenters. The van der Waals surface area contributed by atoms with E-state index in [1.165, 1.54) is 0 Å². The summed E-state index contributed by atoms with van der Waals surface area (Å²) in [5.41, 5.74) is 5.77. The van der Waals surface area contributed by atoms with Crippen LogP contribution in [0.1, 0.15) is 12.8 Å². The van der Waals surface area contributed by atoms with Crippen LogP contribution in [-0.4, -0.2) is 27.6 Å². The Morgan fingerprint density at radius 1 is 1.33 bits per heavy atom. The van der Waals surface area contributed by atoms with Gasteiger partial charge >= 0.3 is 0 Å². The van der Waals surface area contributed by atoms with E-state index in [2.05, 4.69) is 9.44 Å². The van der Waals surface area contributed by atoms with Crippen LogP contribution >= 0.6 is 0 Å². The van der Waals surface area contributed by atoms with Crippen LogP contribution in [0.2, 0.25) is 0 Å². The van der Waals surface area contributed by atoms with Gasteiger partial charge in [-0.2, -0.15) is 13.1 Å². The first-order valence-corrected chi connectivity index (χ1v) is 7.31. The summed E-state index contributed by atoms with van der Waals surface area (Å²) in [6.45, 7) is 0.718. The number of nitrogens with one attached hydrogen (secondary N) is 2. The van der Waals surface area contributed by atoms with Crippen molar-refractivity contribution in [2.45, 2.75) is 18.9 Å². The molecule has 100 valence electrons. The van der Waals surface area contributed by atoms with Crippen molar-refractivity contribution in [2.24, 2.45) is 5.73 Å². The third-order valence-corrected chi connectivity index (χ3v) is 3.54. The fourth-order valence-corrected chi connectivity index (χ4v) is 2.63. The van der Waals surface area contributed by atoms with E-state index in [1.807, 2.05) is 0 Å². The van der Waals surface area contributed by atoms with Gasteiger partial charge in [-0.05, 0) is 25.0 Å². The Balaban J connectivity index is 2.07. The van der Waals surface area contributed by atoms with Crippen LogP contribution in [0.15, 0.2) is 24.3 Å². The monoisotopic (exact) mass is 271 g/mol. The van der Waals surface area contributed by atoms with Crippen LogP contribution in [0.25, 0.3) is 0 Å². The Morgan fingerprint density at radius 3 is 2.72 bits per heavy atom. The van der Waals surface area contributed by atoms with Gasteiger partial charge in [0.25, 0.3) is 10.2 Å². The molecule has 1 saturated carbocycles. The number of para-hydroxylation sites is 2. The summed E-state index contributed by atoms with van der Waals surface area (Å²) in [4.78, 5) is 0. The molecular weight excluding hydrogens is 254 g/mol. The molecule has 0 bridgehead atoms. The maximum Gasteiger partial charge on any atom is 0.299 e. The van der Waals surface area contributed by atoms with Crippen molar-refractivity contribution in [1.82, 2.24) is 4.72 Å². The predicted octanol–water partition coefficient (Wildman–Crippen LogP) is 0.433. The molecule has 7 heteroatoms. The number of benzene rings is 1. The zero-order chi connectivity index (χ0) is 13.0. The first-order valence-electron chi connectivity index (χ1n) is 5.83. The van der Waals surface area contributed by atoms with Gasteiger partial charge in [0.1, 0.15) is 12.4 Å². The highest BCUT2D eigenvalue weighted by Gasteiger charge is 2.27. The first kappa shape index (κ1) is 13.1. The average molecular weight is 271 g/mol. The molecule has 0 radical (unpaired) electrons. The Kier molecular flexibility index (Phi) is 4.05. The second kappa shape index (κ2) is 5.55. The molecule has 1 aliphatic carbocycles. The lowest BCUT2D eigenvalue weighted by Crippen LogP contribution is -2.31. The van der Waals surface area contributed by atoms with Crippen LogP contribution in [0.4, 0.5) is 5.69 Å². The zero-order valence-electron chi connectivity index (χ0n) is 9.93. The molecule has 0 unspecified atom stereocenters. The molecule has 0 aromatic heterocycles. The molecule has 1 aromatic carbocycles. The Bertz CT molecular complexity index is 500. The van der Waals surface area contributed by atoms with Crippen LogP contribution in [0.3, 0.4) is 0 Å². The van der Waals surface area contributed by atoms with Gasteiger partial charge in [-0.15, -0.1) is 0 Å². The molecule has 6 nitrogen and oxygen atoms in total. The second-order valence-electron chi connectivity index (χ2n) is 4.13. The predicted molar refractivity (Wildman–Crippen MR) is 69.7 cm³/mol. The van der Waals surface area contributed by atoms with Gasteiger partial charge in [0.05, 0.1) is 5.69 Å². The van der Waals surface area contributed by atoms with Gasteiger partial charge < -0.3 is 10.5 Å². The van der Waals surface area contributed by atoms with Crippen molar-refractivity contribution < 1.29 is 13.2 Å². The van der Waals surface area contributed by atoms with E-state index in [9.17, 15) is 8.42 Å². The average Bonchev–Trinajstić information content (AvgIpc) is 3.10. The molecule has 0 amide bonds. The number of hydrogen-bond acceptors (Lipinski definition) is 4. The molecular formula is C11H17N3O3S. The summed E-state index contributed by atoms with van der Waals surface area (Å²) in [5.74, 6) is 0.476. The molecule has 1 fully saturated rings. The van der Waals surface area contributed by atoms with Crippen molar-refractivity contribution in [1.29, 1.82) is 0 Å². The summed E-state index contributed by atoms with van der Waals surface area (Å²) in [6.07, 6.45) is 1.79. The minimum atomic E-state index is -3.53. The smallest absolute Gasteiger partial charge is 0.299 e. The van der Waals surface area contributed by atoms with E-state index in [0.29, 0.717) is 24.6 Å². The van der Waals surface area contributed by atoms with Crippen molar-refractivity contribution >= 4 is 15.9 Å². The number of nitrogens with two attached hydrogens (primary N) is 1. The van der Waals surface area contributed by atoms with E-state index in [-0.39, 0.29) is 6.04 Å². The summed E-state index contributed by atoms with van der Waals surface area (Å²) in [7, 11) is -3.53. The second-order valence-corrected chi connectivity index (χ2v) is 5.58. The van der Waals surface area contributed by atoms with Gasteiger partial charge in [-0.3, -0.25) is 4.72 Å². The molecule has 1 aromatic rings. The maximum atomic E-state index is 11.8. The van der Waals surface area contributed by atoms with E-state index >= 15 is 0 Å². The van der Waals surface area contributed by atoms with Crippen LogP contribution < -0.4 is 19.9 Å². The Hall–Kier alpha value is -1.31.